The Morgan fingerprint density at radius 2 is 1.73 bits per heavy atom. The molecule has 1 aliphatic carbocycles. The Hall–Kier alpha value is -2.20. The van der Waals surface area contributed by atoms with Gasteiger partial charge in [0.05, 0.1) is 10.6 Å². The maximum absolute atomic E-state index is 12.5. The molecule has 3 nitrogen and oxygen atoms in total. The Balaban J connectivity index is 2.02. The minimum atomic E-state index is -3.67. The van der Waals surface area contributed by atoms with Crippen LogP contribution in [0.3, 0.4) is 0 Å². The average Bonchev–Trinajstić information content (AvgIpc) is 2.55. The number of aryl methyl sites for hydroxylation is 1. The van der Waals surface area contributed by atoms with Gasteiger partial charge in [-0.15, -0.1) is 0 Å². The molecule has 0 N–H and O–H groups in total. The zero-order valence-electron chi connectivity index (χ0n) is 12.2. The van der Waals surface area contributed by atoms with Gasteiger partial charge in [0, 0.05) is 0 Å². The molecular formula is C18H17NO2S. The molecule has 0 amide bonds. The number of hydrogen-bond acceptors (Lipinski definition) is 2. The van der Waals surface area contributed by atoms with Gasteiger partial charge in [-0.2, -0.15) is 12.8 Å². The molecule has 112 valence electrons. The zero-order valence-corrected chi connectivity index (χ0v) is 13.0. The third-order valence-electron chi connectivity index (χ3n) is 3.83. The molecule has 2 aromatic carbocycles. The Labute approximate surface area is 131 Å². The Morgan fingerprint density at radius 3 is 2.45 bits per heavy atom. The number of hydrogen-bond donors (Lipinski definition) is 0. The molecule has 0 heterocycles. The van der Waals surface area contributed by atoms with Gasteiger partial charge in [0.1, 0.15) is 0 Å². The Kier molecular flexibility index (Phi) is 3.94. The number of sulfonamides is 1. The van der Waals surface area contributed by atoms with Crippen LogP contribution in [0.25, 0.3) is 6.08 Å². The first kappa shape index (κ1) is 14.7. The molecule has 4 heteroatoms. The second-order valence-corrected chi connectivity index (χ2v) is 6.90. The van der Waals surface area contributed by atoms with E-state index in [-0.39, 0.29) is 4.90 Å². The first-order valence-electron chi connectivity index (χ1n) is 7.25. The van der Waals surface area contributed by atoms with Crippen molar-refractivity contribution in [1.82, 2.24) is 0 Å². The Morgan fingerprint density at radius 1 is 1.00 bits per heavy atom. The van der Waals surface area contributed by atoms with Gasteiger partial charge in [-0.1, -0.05) is 49.1 Å². The van der Waals surface area contributed by atoms with Crippen molar-refractivity contribution in [3.8, 4) is 0 Å². The summed E-state index contributed by atoms with van der Waals surface area (Å²) in [6.45, 7) is 3.66. The fraction of sp³-hybridized carbons (Fsp3) is 0.167. The van der Waals surface area contributed by atoms with Gasteiger partial charge >= 0.3 is 0 Å². The number of nitrogens with zero attached hydrogens (tertiary/aromatic N) is 1. The summed E-state index contributed by atoms with van der Waals surface area (Å²) >= 11 is 0. The topological polar surface area (TPSA) is 46.5 Å². The molecule has 0 radical (unpaired) electrons. The zero-order chi connectivity index (χ0) is 15.6. The third kappa shape index (κ3) is 2.88. The number of benzene rings is 2. The maximum atomic E-state index is 12.5. The van der Waals surface area contributed by atoms with E-state index >= 15 is 0 Å². The van der Waals surface area contributed by atoms with Crippen LogP contribution in [0.1, 0.15) is 29.5 Å². The maximum Gasteiger partial charge on any atom is 0.282 e. The highest BCUT2D eigenvalue weighted by molar-refractivity contribution is 7.90. The van der Waals surface area contributed by atoms with E-state index in [1.165, 1.54) is 5.56 Å². The lowest BCUT2D eigenvalue weighted by Crippen LogP contribution is -2.14. The summed E-state index contributed by atoms with van der Waals surface area (Å²) in [5.74, 6) is 0. The molecule has 1 aliphatic rings. The van der Waals surface area contributed by atoms with Gasteiger partial charge in [-0.05, 0) is 48.1 Å². The fourth-order valence-corrected chi connectivity index (χ4v) is 3.73. The van der Waals surface area contributed by atoms with E-state index in [0.717, 1.165) is 24.0 Å². The van der Waals surface area contributed by atoms with E-state index in [4.69, 9.17) is 0 Å². The van der Waals surface area contributed by atoms with Crippen LogP contribution in [0.4, 0.5) is 0 Å². The molecule has 0 saturated carbocycles. The van der Waals surface area contributed by atoms with Gasteiger partial charge in [0.2, 0.25) is 0 Å². The third-order valence-corrected chi connectivity index (χ3v) is 5.16. The van der Waals surface area contributed by atoms with E-state index in [9.17, 15) is 8.42 Å². The van der Waals surface area contributed by atoms with Crippen LogP contribution in [-0.4, -0.2) is 14.1 Å². The van der Waals surface area contributed by atoms with Crippen LogP contribution >= 0.6 is 0 Å². The van der Waals surface area contributed by atoms with Gasteiger partial charge in [0.25, 0.3) is 10.0 Å². The monoisotopic (exact) mass is 311 g/mol. The van der Waals surface area contributed by atoms with Crippen molar-refractivity contribution in [3.05, 3.63) is 71.8 Å². The molecule has 3 rings (SSSR count). The van der Waals surface area contributed by atoms with Crippen LogP contribution in [0.15, 0.2) is 64.4 Å². The number of fused-ring (bicyclic) bond motifs is 1. The molecular weight excluding hydrogens is 294 g/mol. The molecule has 0 saturated heterocycles. The van der Waals surface area contributed by atoms with E-state index < -0.39 is 10.0 Å². The minimum Gasteiger partial charge on any atom is -0.199 e. The molecule has 2 aromatic rings. The van der Waals surface area contributed by atoms with E-state index in [1.807, 2.05) is 24.3 Å². The quantitative estimate of drug-likeness (QED) is 0.864. The lowest BCUT2D eigenvalue weighted by Gasteiger charge is -2.17. The summed E-state index contributed by atoms with van der Waals surface area (Å²) in [7, 11) is -3.67. The molecule has 0 aromatic heterocycles. The molecule has 0 atom stereocenters. The van der Waals surface area contributed by atoms with Crippen molar-refractivity contribution in [2.24, 2.45) is 4.40 Å². The number of rotatable bonds is 3. The van der Waals surface area contributed by atoms with Gasteiger partial charge in [-0.3, -0.25) is 0 Å². The predicted octanol–water partition coefficient (Wildman–Crippen LogP) is 3.84. The second-order valence-electron chi connectivity index (χ2n) is 5.30. The van der Waals surface area contributed by atoms with E-state index in [0.29, 0.717) is 12.1 Å². The summed E-state index contributed by atoms with van der Waals surface area (Å²) in [6, 6.07) is 14.5. The van der Waals surface area contributed by atoms with Crippen molar-refractivity contribution in [2.75, 3.05) is 0 Å². The fourth-order valence-electron chi connectivity index (χ4n) is 2.67. The van der Waals surface area contributed by atoms with Crippen molar-refractivity contribution in [3.63, 3.8) is 0 Å². The molecule has 0 aliphatic heterocycles. The van der Waals surface area contributed by atoms with Crippen molar-refractivity contribution < 1.29 is 8.42 Å². The molecule has 0 bridgehead atoms. The predicted molar refractivity (Wildman–Crippen MR) is 89.6 cm³/mol. The summed E-state index contributed by atoms with van der Waals surface area (Å²) < 4.78 is 29.1. The lowest BCUT2D eigenvalue weighted by molar-refractivity contribution is 0.597. The van der Waals surface area contributed by atoms with Crippen molar-refractivity contribution in [2.45, 2.75) is 24.2 Å². The smallest absolute Gasteiger partial charge is 0.199 e. The lowest BCUT2D eigenvalue weighted by atomic mass is 9.90. The van der Waals surface area contributed by atoms with Crippen LogP contribution in [0, 0.1) is 0 Å². The standard InChI is InChI=1S/C18H17NO2S/c1-2-14-10-12-16(13-11-14)22(20,21)19-18-9-5-7-15-6-3-4-8-17(15)18/h2-4,6,8,10-13H,1,5,7,9H2/b19-18-. The van der Waals surface area contributed by atoms with Crippen molar-refractivity contribution >= 4 is 21.8 Å². The van der Waals surface area contributed by atoms with Gasteiger partial charge < -0.3 is 0 Å². The van der Waals surface area contributed by atoms with Crippen LogP contribution in [0.2, 0.25) is 0 Å². The van der Waals surface area contributed by atoms with Crippen molar-refractivity contribution in [1.29, 1.82) is 0 Å². The first-order valence-corrected chi connectivity index (χ1v) is 8.69. The van der Waals surface area contributed by atoms with Crippen LogP contribution < -0.4 is 0 Å². The second kappa shape index (κ2) is 5.89. The van der Waals surface area contributed by atoms with Gasteiger partial charge in [0.15, 0.2) is 0 Å². The average molecular weight is 311 g/mol. The highest BCUT2D eigenvalue weighted by Gasteiger charge is 2.19. The van der Waals surface area contributed by atoms with Gasteiger partial charge in [-0.25, -0.2) is 0 Å². The van der Waals surface area contributed by atoms with E-state index in [1.54, 1.807) is 30.3 Å². The van der Waals surface area contributed by atoms with Crippen LogP contribution in [0.5, 0.6) is 0 Å². The molecule has 0 spiro atoms. The van der Waals surface area contributed by atoms with Crippen LogP contribution in [-0.2, 0) is 16.4 Å². The molecule has 0 unspecified atom stereocenters. The highest BCUT2D eigenvalue weighted by atomic mass is 32.2. The highest BCUT2D eigenvalue weighted by Crippen LogP contribution is 2.24. The summed E-state index contributed by atoms with van der Waals surface area (Å²) in [5, 5.41) is 0. The minimum absolute atomic E-state index is 0.216. The summed E-state index contributed by atoms with van der Waals surface area (Å²) in [6.07, 6.45) is 4.28. The normalized spacial score (nSPS) is 16.3. The summed E-state index contributed by atoms with van der Waals surface area (Å²) in [4.78, 5) is 0.216. The molecule has 22 heavy (non-hydrogen) atoms. The SMILES string of the molecule is C=Cc1ccc(S(=O)(=O)/N=C2/CCCc3ccccc32)cc1. The Bertz CT molecular complexity index is 834. The summed E-state index contributed by atoms with van der Waals surface area (Å²) in [5.41, 5.74) is 3.68. The van der Waals surface area contributed by atoms with E-state index in [2.05, 4.69) is 11.0 Å². The molecule has 0 fully saturated rings. The first-order chi connectivity index (χ1) is 10.6. The largest absolute Gasteiger partial charge is 0.282 e.